The van der Waals surface area contributed by atoms with Crippen molar-refractivity contribution in [3.63, 3.8) is 0 Å². The molecule has 0 aliphatic heterocycles. The number of halogens is 8. The highest BCUT2D eigenvalue weighted by atomic mass is 32.2. The van der Waals surface area contributed by atoms with Crippen LogP contribution in [0.5, 0.6) is 5.75 Å². The number of hydrogen-bond acceptors (Lipinski definition) is 6. The Kier molecular flexibility index (Phi) is 9.27. The van der Waals surface area contributed by atoms with E-state index in [4.69, 9.17) is 4.74 Å². The molecule has 0 radical (unpaired) electrons. The minimum Gasteiger partial charge on any atom is -0.493 e. The Balaban J connectivity index is 1.44. The van der Waals surface area contributed by atoms with Gasteiger partial charge in [-0.25, -0.2) is 17.2 Å². The Hall–Kier alpha value is -4.22. The number of sulfone groups is 1. The van der Waals surface area contributed by atoms with Crippen LogP contribution < -0.4 is 20.7 Å². The van der Waals surface area contributed by atoms with E-state index in [0.717, 1.165) is 31.6 Å². The lowest BCUT2D eigenvalue weighted by atomic mass is 9.83. The van der Waals surface area contributed by atoms with E-state index >= 15 is 4.39 Å². The summed E-state index contributed by atoms with van der Waals surface area (Å²) in [5.74, 6) is -10.2. The third-order valence-corrected chi connectivity index (χ3v) is 11.4. The van der Waals surface area contributed by atoms with Crippen LogP contribution in [0, 0.1) is 29.4 Å². The average Bonchev–Trinajstić information content (AvgIpc) is 3.65. The van der Waals surface area contributed by atoms with Gasteiger partial charge in [0.05, 0.1) is 28.9 Å². The Morgan fingerprint density at radius 1 is 0.959 bits per heavy atom. The van der Waals surface area contributed by atoms with Crippen molar-refractivity contribution in [2.45, 2.75) is 48.8 Å². The highest BCUT2D eigenvalue weighted by molar-refractivity contribution is 7.92. The molecule has 266 valence electrons. The number of methoxy groups -OCH3 is 1. The van der Waals surface area contributed by atoms with Crippen LogP contribution in [0.15, 0.2) is 42.0 Å². The second-order valence-corrected chi connectivity index (χ2v) is 14.8. The van der Waals surface area contributed by atoms with Crippen molar-refractivity contribution >= 4 is 33.2 Å². The number of rotatable bonds is 9. The Bertz CT molecular complexity index is 1840. The summed E-state index contributed by atoms with van der Waals surface area (Å²) in [6.07, 6.45) is -8.17. The summed E-state index contributed by atoms with van der Waals surface area (Å²) in [6, 6.07) is 1.91. The molecule has 3 aliphatic rings. The van der Waals surface area contributed by atoms with Crippen LogP contribution in [-0.4, -0.2) is 63.0 Å². The average molecular weight is 724 g/mol. The third kappa shape index (κ3) is 7.23. The van der Waals surface area contributed by atoms with E-state index < -0.39 is 108 Å². The lowest BCUT2D eigenvalue weighted by Crippen LogP contribution is -2.48. The number of ether oxygens (including phenoxy) is 1. The van der Waals surface area contributed by atoms with Gasteiger partial charge in [0.1, 0.15) is 5.82 Å². The zero-order valence-electron chi connectivity index (χ0n) is 25.7. The van der Waals surface area contributed by atoms with Gasteiger partial charge >= 0.3 is 12.4 Å². The first-order chi connectivity index (χ1) is 22.7. The number of anilines is 1. The maximum Gasteiger partial charge on any atom is 0.419 e. The first kappa shape index (κ1) is 36.1. The van der Waals surface area contributed by atoms with Gasteiger partial charge in [0.15, 0.2) is 21.4 Å². The minimum atomic E-state index is -5.12. The number of amides is 3. The molecule has 2 aromatic rings. The van der Waals surface area contributed by atoms with Crippen molar-refractivity contribution in [2.75, 3.05) is 25.2 Å². The number of alkyl halides is 6. The van der Waals surface area contributed by atoms with Crippen LogP contribution in [0.2, 0.25) is 0 Å². The molecule has 3 amide bonds. The number of carbonyl (C=O) groups is 3. The summed E-state index contributed by atoms with van der Waals surface area (Å²) in [5.41, 5.74) is -3.40. The summed E-state index contributed by atoms with van der Waals surface area (Å²) >= 11 is 0. The first-order valence-corrected chi connectivity index (χ1v) is 16.7. The van der Waals surface area contributed by atoms with Crippen molar-refractivity contribution in [3.8, 4) is 5.75 Å². The van der Waals surface area contributed by atoms with Crippen molar-refractivity contribution in [1.82, 2.24) is 10.6 Å². The monoisotopic (exact) mass is 723 g/mol. The van der Waals surface area contributed by atoms with Gasteiger partial charge in [-0.1, -0.05) is 5.57 Å². The maximum absolute atomic E-state index is 15.1. The van der Waals surface area contributed by atoms with Crippen LogP contribution in [-0.2, 0) is 20.8 Å². The molecule has 5 rings (SSSR count). The molecule has 9 nitrogen and oxygen atoms in total. The summed E-state index contributed by atoms with van der Waals surface area (Å²) in [6.45, 7) is -0.283. The predicted molar refractivity (Wildman–Crippen MR) is 157 cm³/mol. The fourth-order valence-electron chi connectivity index (χ4n) is 6.72. The highest BCUT2D eigenvalue weighted by Crippen LogP contribution is 2.54. The van der Waals surface area contributed by atoms with Crippen molar-refractivity contribution in [1.29, 1.82) is 0 Å². The fraction of sp³-hybridized carbons (Fsp3) is 0.452. The van der Waals surface area contributed by atoms with E-state index in [1.54, 1.807) is 0 Å². The summed E-state index contributed by atoms with van der Waals surface area (Å²) < 4.78 is 137. The zero-order valence-corrected chi connectivity index (χ0v) is 26.5. The van der Waals surface area contributed by atoms with E-state index in [9.17, 15) is 53.5 Å². The van der Waals surface area contributed by atoms with E-state index in [1.165, 1.54) is 0 Å². The van der Waals surface area contributed by atoms with Crippen LogP contribution in [0.25, 0.3) is 0 Å². The van der Waals surface area contributed by atoms with Gasteiger partial charge < -0.3 is 20.7 Å². The number of nitrogens with one attached hydrogen (secondary N) is 3. The molecule has 0 unspecified atom stereocenters. The molecule has 0 spiro atoms. The smallest absolute Gasteiger partial charge is 0.419 e. The van der Waals surface area contributed by atoms with Gasteiger partial charge in [0.25, 0.3) is 11.8 Å². The van der Waals surface area contributed by atoms with Gasteiger partial charge in [-0.3, -0.25) is 14.4 Å². The molecule has 2 bridgehead atoms. The van der Waals surface area contributed by atoms with Crippen LogP contribution in [0.3, 0.4) is 0 Å². The minimum absolute atomic E-state index is 0.00969. The lowest BCUT2D eigenvalue weighted by molar-refractivity contribution is -0.140. The van der Waals surface area contributed by atoms with Gasteiger partial charge in [-0.2, -0.15) is 26.3 Å². The molecule has 0 heterocycles. The Labute approximate surface area is 274 Å². The molecule has 49 heavy (non-hydrogen) atoms. The first-order valence-electron chi connectivity index (χ1n) is 14.8. The fourth-order valence-corrected chi connectivity index (χ4v) is 7.90. The molecule has 2 aromatic carbocycles. The van der Waals surface area contributed by atoms with E-state index in [-0.39, 0.29) is 31.0 Å². The molecule has 0 saturated heterocycles. The summed E-state index contributed by atoms with van der Waals surface area (Å²) in [4.78, 5) is 40.1. The standard InChI is InChI=1S/C31H29F8N3O6S/c1-48-25-18(9-14(10-22(25)33)26(43)40-13-29(7-8-29)49(2,46)47)27(44)42-24-17-5-4-16(19(17)12-30(34,35)36)23(24)28(45)41-15-3-6-21(32)20(11-15)31(37,38)39/h3,6,9-12,16-17,23-24H,4-5,7-8,13H2,1-2H3,(H,40,43)(H,41,45)(H,42,44)/b19-12-/t16-,17+,23-,24+/m0/s1. The SMILES string of the molecule is COc1c(F)cc(C(=O)NCC2(S(C)(=O)=O)CC2)cc1C(=O)N[C@H]1[C@@H](C(=O)Nc2ccc(F)c(C(F)(F)F)c2)[C@H]2CC[C@@H]1/C2=C\C(F)(F)F. The lowest BCUT2D eigenvalue weighted by Gasteiger charge is -2.30. The van der Waals surface area contributed by atoms with Gasteiger partial charge in [-0.05, 0) is 61.9 Å². The van der Waals surface area contributed by atoms with Crippen LogP contribution >= 0.6 is 0 Å². The largest absolute Gasteiger partial charge is 0.493 e. The molecule has 3 N–H and O–H groups in total. The van der Waals surface area contributed by atoms with Crippen LogP contribution in [0.4, 0.5) is 40.8 Å². The molecule has 3 aliphatic carbocycles. The van der Waals surface area contributed by atoms with Crippen molar-refractivity contribution < 1.29 is 62.7 Å². The molecule has 0 aromatic heterocycles. The topological polar surface area (TPSA) is 131 Å². The molecule has 3 saturated carbocycles. The highest BCUT2D eigenvalue weighted by Gasteiger charge is 2.56. The molecule has 4 atom stereocenters. The van der Waals surface area contributed by atoms with Gasteiger partial charge in [0.2, 0.25) is 5.91 Å². The van der Waals surface area contributed by atoms with E-state index in [2.05, 4.69) is 16.0 Å². The van der Waals surface area contributed by atoms with Gasteiger partial charge in [-0.15, -0.1) is 0 Å². The summed E-state index contributed by atoms with van der Waals surface area (Å²) in [5, 5.41) is 7.04. The third-order valence-electron chi connectivity index (χ3n) is 9.29. The number of allylic oxidation sites excluding steroid dienone is 1. The second-order valence-electron chi connectivity index (χ2n) is 12.4. The summed E-state index contributed by atoms with van der Waals surface area (Å²) in [7, 11) is -2.53. The van der Waals surface area contributed by atoms with E-state index in [1.807, 2.05) is 0 Å². The van der Waals surface area contributed by atoms with E-state index in [0.29, 0.717) is 25.0 Å². The Morgan fingerprint density at radius 3 is 2.18 bits per heavy atom. The second kappa shape index (κ2) is 12.6. The van der Waals surface area contributed by atoms with Crippen molar-refractivity contribution in [2.24, 2.45) is 17.8 Å². The number of fused-ring (bicyclic) bond motifs is 2. The van der Waals surface area contributed by atoms with Crippen LogP contribution in [0.1, 0.15) is 52.0 Å². The molecular weight excluding hydrogens is 694 g/mol. The van der Waals surface area contributed by atoms with Crippen molar-refractivity contribution in [3.05, 3.63) is 70.3 Å². The Morgan fingerprint density at radius 2 is 1.61 bits per heavy atom. The quantitative estimate of drug-likeness (QED) is 0.242. The zero-order chi connectivity index (χ0) is 36.3. The molecular formula is C31H29F8N3O6S. The normalized spacial score (nSPS) is 23.7. The number of hydrogen-bond donors (Lipinski definition) is 3. The van der Waals surface area contributed by atoms with Gasteiger partial charge in [0, 0.05) is 42.1 Å². The molecule has 3 fully saturated rings. The maximum atomic E-state index is 15.1. The predicted octanol–water partition coefficient (Wildman–Crippen LogP) is 5.18. The number of benzene rings is 2. The molecule has 18 heteroatoms. The number of carbonyl (C=O) groups excluding carboxylic acids is 3.